The second-order valence-electron chi connectivity index (χ2n) is 10.5. The average molecular weight is 633 g/mol. The van der Waals surface area contributed by atoms with Crippen LogP contribution < -0.4 is 10.2 Å². The number of thiazole rings is 1. The summed E-state index contributed by atoms with van der Waals surface area (Å²) in [5.41, 5.74) is 3.38. The maximum absolute atomic E-state index is 13.3. The first-order valence-corrected chi connectivity index (χ1v) is 15.2. The van der Waals surface area contributed by atoms with Gasteiger partial charge in [0.05, 0.1) is 18.7 Å². The van der Waals surface area contributed by atoms with Crippen LogP contribution in [0.15, 0.2) is 82.4 Å². The largest absolute Gasteiger partial charge is 0.478 e. The number of rotatable bonds is 8. The van der Waals surface area contributed by atoms with Crippen molar-refractivity contribution in [1.29, 1.82) is 0 Å². The summed E-state index contributed by atoms with van der Waals surface area (Å²) in [5.74, 6) is -0.919. The van der Waals surface area contributed by atoms with Gasteiger partial charge in [0.2, 0.25) is 0 Å². The summed E-state index contributed by atoms with van der Waals surface area (Å²) in [6.45, 7) is 2.69. The number of fused-ring (bicyclic) bond motifs is 1. The van der Waals surface area contributed by atoms with Crippen molar-refractivity contribution in [2.24, 2.45) is 4.99 Å². The number of amidine groups is 1. The van der Waals surface area contributed by atoms with Crippen molar-refractivity contribution in [3.05, 3.63) is 98.6 Å². The fourth-order valence-electron chi connectivity index (χ4n) is 5.69. The van der Waals surface area contributed by atoms with Gasteiger partial charge in [-0.2, -0.15) is 0 Å². The van der Waals surface area contributed by atoms with Crippen LogP contribution in [0.2, 0.25) is 5.02 Å². The number of amides is 2. The van der Waals surface area contributed by atoms with Crippen LogP contribution in [0.25, 0.3) is 6.08 Å². The zero-order chi connectivity index (χ0) is 30.8. The topological polar surface area (TPSA) is 128 Å². The Morgan fingerprint density at radius 2 is 1.91 bits per heavy atom. The molecule has 226 valence electrons. The highest BCUT2D eigenvalue weighted by atomic mass is 35.5. The molecule has 3 aliphatic rings. The fraction of sp³-hybridized carbons (Fsp3) is 0.258. The standard InChI is InChI=1S/C31H29ClN6O5S/c1-43-30(41)26-24(34-28(29-33-12-15-44-29)35-27(26)20-5-7-21(32)8-6-20)18-36-13-14-37-23(16-36)17-38(31(37)42)22-9-2-19(3-10-22)4-11-25(39)40/h2-12,15,23,27H,13-14,16-18H2,1H3,(H,34,35)(H,39,40)/b11-4+/t23-,27-/m0/s1. The minimum absolute atomic E-state index is 0.0484. The van der Waals surface area contributed by atoms with Crippen LogP contribution in [0.5, 0.6) is 0 Å². The molecule has 0 unspecified atom stereocenters. The van der Waals surface area contributed by atoms with Crippen LogP contribution in [0.3, 0.4) is 0 Å². The molecular formula is C31H29ClN6O5S. The number of ether oxygens (including phenoxy) is 1. The molecule has 2 N–H and O–H groups in total. The van der Waals surface area contributed by atoms with Crippen LogP contribution in [-0.4, -0.2) is 89.6 Å². The molecule has 2 aromatic carbocycles. The molecule has 44 heavy (non-hydrogen) atoms. The number of hydrogen-bond donors (Lipinski definition) is 2. The number of benzene rings is 2. The third-order valence-corrected chi connectivity index (χ3v) is 8.83. The summed E-state index contributed by atoms with van der Waals surface area (Å²) in [5, 5.41) is 15.4. The Morgan fingerprint density at radius 3 is 2.59 bits per heavy atom. The molecule has 0 radical (unpaired) electrons. The number of carbonyl (C=O) groups excluding carboxylic acids is 2. The fourth-order valence-corrected chi connectivity index (χ4v) is 6.41. The minimum Gasteiger partial charge on any atom is -0.478 e. The predicted octanol–water partition coefficient (Wildman–Crippen LogP) is 4.04. The van der Waals surface area contributed by atoms with Crippen molar-refractivity contribution < 1.29 is 24.2 Å². The summed E-state index contributed by atoms with van der Waals surface area (Å²) in [6, 6.07) is 13.8. The molecule has 1 aromatic heterocycles. The SMILES string of the molecule is COC(=O)C1=C(CN2CCN3C(=O)N(c4ccc(/C=C/C(=O)O)cc4)C[C@@H]3C2)NC(c2nccs2)=N[C@H]1c1ccc(Cl)cc1. The first-order chi connectivity index (χ1) is 21.3. The van der Waals surface area contributed by atoms with Gasteiger partial charge in [0.25, 0.3) is 0 Å². The van der Waals surface area contributed by atoms with Gasteiger partial charge in [0.15, 0.2) is 10.8 Å². The quantitative estimate of drug-likeness (QED) is 0.281. The number of piperazine rings is 1. The number of carboxylic acid groups (broad SMARTS) is 1. The molecule has 3 aromatic rings. The van der Waals surface area contributed by atoms with E-state index in [0.29, 0.717) is 59.9 Å². The van der Waals surface area contributed by atoms with Gasteiger partial charge < -0.3 is 20.1 Å². The Bertz CT molecular complexity index is 1660. The lowest BCUT2D eigenvalue weighted by atomic mass is 9.95. The molecule has 13 heteroatoms. The lowest BCUT2D eigenvalue weighted by Crippen LogP contribution is -2.53. The summed E-state index contributed by atoms with van der Waals surface area (Å²) >= 11 is 7.61. The van der Waals surface area contributed by atoms with Crippen molar-refractivity contribution in [3.8, 4) is 0 Å². The number of aliphatic carboxylic acids is 1. The molecule has 11 nitrogen and oxygen atoms in total. The number of carboxylic acids is 1. The van der Waals surface area contributed by atoms with Crippen molar-refractivity contribution in [2.45, 2.75) is 12.1 Å². The number of aliphatic imine (C=N–C) groups is 1. The van der Waals surface area contributed by atoms with Crippen LogP contribution in [0.4, 0.5) is 10.5 Å². The molecular weight excluding hydrogens is 604 g/mol. The molecule has 2 fully saturated rings. The average Bonchev–Trinajstić information content (AvgIpc) is 3.68. The van der Waals surface area contributed by atoms with E-state index in [1.165, 1.54) is 24.5 Å². The van der Waals surface area contributed by atoms with Crippen LogP contribution in [0.1, 0.15) is 22.2 Å². The van der Waals surface area contributed by atoms with E-state index in [0.717, 1.165) is 22.9 Å². The first-order valence-electron chi connectivity index (χ1n) is 13.9. The van der Waals surface area contributed by atoms with E-state index in [-0.39, 0.29) is 12.1 Å². The molecule has 4 heterocycles. The molecule has 2 atom stereocenters. The summed E-state index contributed by atoms with van der Waals surface area (Å²) < 4.78 is 5.24. The second kappa shape index (κ2) is 12.6. The monoisotopic (exact) mass is 632 g/mol. The Hall–Kier alpha value is -4.52. The summed E-state index contributed by atoms with van der Waals surface area (Å²) in [7, 11) is 1.36. The van der Waals surface area contributed by atoms with Gasteiger partial charge in [-0.15, -0.1) is 11.3 Å². The number of esters is 1. The molecule has 0 bridgehead atoms. The van der Waals surface area contributed by atoms with Crippen LogP contribution in [0, 0.1) is 0 Å². The summed E-state index contributed by atoms with van der Waals surface area (Å²) in [6.07, 6.45) is 4.30. The van der Waals surface area contributed by atoms with E-state index in [1.807, 2.05) is 34.5 Å². The Kier molecular flexibility index (Phi) is 8.47. The van der Waals surface area contributed by atoms with Gasteiger partial charge >= 0.3 is 18.0 Å². The number of nitrogens with zero attached hydrogens (tertiary/aromatic N) is 5. The second-order valence-corrected chi connectivity index (χ2v) is 11.8. The Balaban J connectivity index is 1.24. The maximum atomic E-state index is 13.3. The number of nitrogens with one attached hydrogen (secondary N) is 1. The number of anilines is 1. The number of hydrogen-bond acceptors (Lipinski definition) is 9. The first kappa shape index (κ1) is 29.5. The van der Waals surface area contributed by atoms with Gasteiger partial charge in [-0.25, -0.2) is 19.4 Å². The number of halogens is 1. The van der Waals surface area contributed by atoms with Crippen LogP contribution in [-0.2, 0) is 14.3 Å². The van der Waals surface area contributed by atoms with E-state index in [1.54, 1.807) is 35.4 Å². The minimum atomic E-state index is -1.02. The van der Waals surface area contributed by atoms with Crippen LogP contribution >= 0.6 is 22.9 Å². The molecule has 0 saturated carbocycles. The molecule has 0 spiro atoms. The third-order valence-electron chi connectivity index (χ3n) is 7.79. The van der Waals surface area contributed by atoms with E-state index in [4.69, 9.17) is 26.4 Å². The summed E-state index contributed by atoms with van der Waals surface area (Å²) in [4.78, 5) is 52.6. The number of methoxy groups -OCH3 is 1. The van der Waals surface area contributed by atoms with Crippen molar-refractivity contribution in [2.75, 3.05) is 44.7 Å². The number of carbonyl (C=O) groups is 3. The number of urea groups is 1. The lowest BCUT2D eigenvalue weighted by molar-refractivity contribution is -0.136. The van der Waals surface area contributed by atoms with Gasteiger partial charge in [0.1, 0.15) is 6.04 Å². The maximum Gasteiger partial charge on any atom is 0.338 e. The third kappa shape index (κ3) is 6.09. The van der Waals surface area contributed by atoms with Gasteiger partial charge in [-0.3, -0.25) is 14.8 Å². The van der Waals surface area contributed by atoms with E-state index in [9.17, 15) is 14.4 Å². The lowest BCUT2D eigenvalue weighted by Gasteiger charge is -2.38. The smallest absolute Gasteiger partial charge is 0.338 e. The molecule has 3 aliphatic heterocycles. The highest BCUT2D eigenvalue weighted by molar-refractivity contribution is 7.11. The highest BCUT2D eigenvalue weighted by Crippen LogP contribution is 2.34. The molecule has 6 rings (SSSR count). The van der Waals surface area contributed by atoms with Crippen molar-refractivity contribution >= 4 is 58.5 Å². The van der Waals surface area contributed by atoms with Gasteiger partial charge in [0, 0.05) is 66.8 Å². The van der Waals surface area contributed by atoms with Gasteiger partial charge in [-0.05, 0) is 41.5 Å². The highest BCUT2D eigenvalue weighted by Gasteiger charge is 2.42. The van der Waals surface area contributed by atoms with E-state index >= 15 is 0 Å². The Labute approximate surface area is 262 Å². The molecule has 0 aliphatic carbocycles. The van der Waals surface area contributed by atoms with Crippen molar-refractivity contribution in [1.82, 2.24) is 20.1 Å². The Morgan fingerprint density at radius 1 is 1.14 bits per heavy atom. The van der Waals surface area contributed by atoms with Gasteiger partial charge in [-0.1, -0.05) is 35.9 Å². The van der Waals surface area contributed by atoms with E-state index < -0.39 is 18.0 Å². The molecule has 2 saturated heterocycles. The van der Waals surface area contributed by atoms with E-state index in [2.05, 4.69) is 15.2 Å². The zero-order valence-electron chi connectivity index (χ0n) is 23.7. The molecule has 2 amide bonds. The predicted molar refractivity (Wildman–Crippen MR) is 168 cm³/mol. The zero-order valence-corrected chi connectivity index (χ0v) is 25.3. The number of aromatic nitrogens is 1. The normalized spacial score (nSPS) is 20.5. The van der Waals surface area contributed by atoms with Crippen molar-refractivity contribution in [3.63, 3.8) is 0 Å².